The van der Waals surface area contributed by atoms with Crippen LogP contribution in [0.4, 0.5) is 10.2 Å². The average Bonchev–Trinajstić information content (AvgIpc) is 2.40. The molecule has 0 bridgehead atoms. The lowest BCUT2D eigenvalue weighted by Crippen LogP contribution is -2.03. The highest BCUT2D eigenvalue weighted by Gasteiger charge is 2.04. The van der Waals surface area contributed by atoms with Crippen LogP contribution in [0, 0.1) is 12.7 Å². The molecular weight excluding hydrogens is 229 g/mol. The first-order valence-corrected chi connectivity index (χ1v) is 6.03. The summed E-state index contributed by atoms with van der Waals surface area (Å²) in [5.74, 6) is 0.497. The van der Waals surface area contributed by atoms with Crippen LogP contribution in [-0.4, -0.2) is 16.5 Å². The molecule has 0 fully saturated rings. The minimum Gasteiger partial charge on any atom is -0.369 e. The van der Waals surface area contributed by atoms with Crippen LogP contribution in [0.25, 0.3) is 11.3 Å². The van der Waals surface area contributed by atoms with Crippen molar-refractivity contribution in [3.63, 3.8) is 0 Å². The zero-order valence-corrected chi connectivity index (χ0v) is 10.6. The van der Waals surface area contributed by atoms with Crippen LogP contribution >= 0.6 is 0 Å². The first kappa shape index (κ1) is 12.5. The van der Waals surface area contributed by atoms with E-state index in [2.05, 4.69) is 22.2 Å². The number of hydrogen-bond acceptors (Lipinski definition) is 3. The number of hydrogen-bond donors (Lipinski definition) is 1. The molecule has 0 saturated heterocycles. The Balaban J connectivity index is 2.29. The summed E-state index contributed by atoms with van der Waals surface area (Å²) < 4.78 is 13.5. The molecule has 0 saturated carbocycles. The lowest BCUT2D eigenvalue weighted by atomic mass is 10.1. The third kappa shape index (κ3) is 2.83. The van der Waals surface area contributed by atoms with Gasteiger partial charge in [-0.1, -0.05) is 19.1 Å². The third-order valence-electron chi connectivity index (χ3n) is 2.66. The fourth-order valence-corrected chi connectivity index (χ4v) is 1.60. The van der Waals surface area contributed by atoms with Crippen LogP contribution in [-0.2, 0) is 0 Å². The normalized spacial score (nSPS) is 10.4. The largest absolute Gasteiger partial charge is 0.369 e. The maximum absolute atomic E-state index is 13.5. The topological polar surface area (TPSA) is 37.8 Å². The second-order valence-corrected chi connectivity index (χ2v) is 4.18. The van der Waals surface area contributed by atoms with Gasteiger partial charge in [-0.3, -0.25) is 4.98 Å². The molecule has 1 heterocycles. The molecule has 1 aromatic heterocycles. The quantitative estimate of drug-likeness (QED) is 0.897. The van der Waals surface area contributed by atoms with E-state index >= 15 is 0 Å². The van der Waals surface area contributed by atoms with Gasteiger partial charge in [-0.2, -0.15) is 0 Å². The van der Waals surface area contributed by atoms with Crippen molar-refractivity contribution in [3.05, 3.63) is 42.0 Å². The molecular formula is C14H16FN3. The van der Waals surface area contributed by atoms with Gasteiger partial charge in [0, 0.05) is 12.1 Å². The predicted octanol–water partition coefficient (Wildman–Crippen LogP) is 3.41. The van der Waals surface area contributed by atoms with Crippen molar-refractivity contribution in [3.8, 4) is 11.3 Å². The van der Waals surface area contributed by atoms with E-state index in [-0.39, 0.29) is 5.82 Å². The van der Waals surface area contributed by atoms with E-state index in [1.165, 1.54) is 6.07 Å². The van der Waals surface area contributed by atoms with E-state index in [4.69, 9.17) is 0 Å². The average molecular weight is 245 g/mol. The maximum Gasteiger partial charge on any atom is 0.145 e. The second-order valence-electron chi connectivity index (χ2n) is 4.18. The summed E-state index contributed by atoms with van der Waals surface area (Å²) in [4.78, 5) is 8.53. The van der Waals surface area contributed by atoms with Gasteiger partial charge in [0.05, 0.1) is 18.1 Å². The first-order chi connectivity index (χ1) is 8.70. The van der Waals surface area contributed by atoms with Gasteiger partial charge < -0.3 is 5.32 Å². The maximum atomic E-state index is 13.5. The van der Waals surface area contributed by atoms with E-state index in [9.17, 15) is 4.39 Å². The lowest BCUT2D eigenvalue weighted by molar-refractivity contribution is 0.619. The van der Waals surface area contributed by atoms with Gasteiger partial charge in [-0.15, -0.1) is 0 Å². The second kappa shape index (κ2) is 5.58. The van der Waals surface area contributed by atoms with Crippen molar-refractivity contribution < 1.29 is 4.39 Å². The van der Waals surface area contributed by atoms with Gasteiger partial charge in [-0.25, -0.2) is 9.37 Å². The van der Waals surface area contributed by atoms with Crippen molar-refractivity contribution in [1.29, 1.82) is 0 Å². The Kier molecular flexibility index (Phi) is 3.87. The summed E-state index contributed by atoms with van der Waals surface area (Å²) in [7, 11) is 0. The number of aromatic nitrogens is 2. The van der Waals surface area contributed by atoms with Gasteiger partial charge >= 0.3 is 0 Å². The van der Waals surface area contributed by atoms with E-state index in [1.54, 1.807) is 25.4 Å². The number of aryl methyl sites for hydroxylation is 1. The van der Waals surface area contributed by atoms with Crippen molar-refractivity contribution in [1.82, 2.24) is 9.97 Å². The Bertz CT molecular complexity index is 540. The SMILES string of the molecule is CCCNc1cncc(-c2ccc(C)c(F)c2)n1. The molecule has 0 radical (unpaired) electrons. The van der Waals surface area contributed by atoms with E-state index in [0.29, 0.717) is 11.3 Å². The van der Waals surface area contributed by atoms with Crippen molar-refractivity contribution in [2.75, 3.05) is 11.9 Å². The minimum absolute atomic E-state index is 0.221. The smallest absolute Gasteiger partial charge is 0.145 e. The molecule has 0 atom stereocenters. The molecule has 4 heteroatoms. The highest BCUT2D eigenvalue weighted by Crippen LogP contribution is 2.20. The monoisotopic (exact) mass is 245 g/mol. The summed E-state index contributed by atoms with van der Waals surface area (Å²) in [5.41, 5.74) is 2.05. The molecule has 2 rings (SSSR count). The molecule has 1 aromatic carbocycles. The lowest BCUT2D eigenvalue weighted by Gasteiger charge is -2.06. The number of halogens is 1. The number of nitrogens with zero attached hydrogens (tertiary/aromatic N) is 2. The predicted molar refractivity (Wildman–Crippen MR) is 70.9 cm³/mol. The van der Waals surface area contributed by atoms with E-state index < -0.39 is 0 Å². The summed E-state index contributed by atoms with van der Waals surface area (Å²) in [6.45, 7) is 4.67. The first-order valence-electron chi connectivity index (χ1n) is 6.03. The molecule has 18 heavy (non-hydrogen) atoms. The Labute approximate surface area is 106 Å². The number of nitrogens with one attached hydrogen (secondary N) is 1. The number of rotatable bonds is 4. The Morgan fingerprint density at radius 2 is 2.11 bits per heavy atom. The molecule has 0 aliphatic heterocycles. The van der Waals surface area contributed by atoms with Crippen LogP contribution in [0.2, 0.25) is 0 Å². The zero-order chi connectivity index (χ0) is 13.0. The van der Waals surface area contributed by atoms with Gasteiger partial charge in [0.2, 0.25) is 0 Å². The molecule has 0 aliphatic rings. The molecule has 94 valence electrons. The Morgan fingerprint density at radius 1 is 1.28 bits per heavy atom. The van der Waals surface area contributed by atoms with Gasteiger partial charge in [-0.05, 0) is 25.0 Å². The fraction of sp³-hybridized carbons (Fsp3) is 0.286. The van der Waals surface area contributed by atoms with Crippen LogP contribution < -0.4 is 5.32 Å². The molecule has 0 amide bonds. The van der Waals surface area contributed by atoms with Crippen LogP contribution in [0.1, 0.15) is 18.9 Å². The molecule has 0 unspecified atom stereocenters. The van der Waals surface area contributed by atoms with Crippen molar-refractivity contribution in [2.24, 2.45) is 0 Å². The fourth-order valence-electron chi connectivity index (χ4n) is 1.60. The summed E-state index contributed by atoms with van der Waals surface area (Å²) in [6.07, 6.45) is 4.33. The Morgan fingerprint density at radius 3 is 2.83 bits per heavy atom. The van der Waals surface area contributed by atoms with Gasteiger partial charge in [0.25, 0.3) is 0 Å². The molecule has 1 N–H and O–H groups in total. The molecule has 3 nitrogen and oxygen atoms in total. The molecule has 0 spiro atoms. The van der Waals surface area contributed by atoms with Gasteiger partial charge in [0.15, 0.2) is 0 Å². The molecule has 0 aliphatic carbocycles. The van der Waals surface area contributed by atoms with Crippen molar-refractivity contribution in [2.45, 2.75) is 20.3 Å². The van der Waals surface area contributed by atoms with E-state index in [0.717, 1.165) is 24.3 Å². The molecule has 2 aromatic rings. The summed E-state index contributed by atoms with van der Waals surface area (Å²) >= 11 is 0. The standard InChI is InChI=1S/C14H16FN3/c1-3-6-17-14-9-16-8-13(18-14)11-5-4-10(2)12(15)7-11/h4-5,7-9H,3,6H2,1-2H3,(H,17,18). The summed E-state index contributed by atoms with van der Waals surface area (Å²) in [5, 5.41) is 3.16. The Hall–Kier alpha value is -1.97. The zero-order valence-electron chi connectivity index (χ0n) is 10.6. The van der Waals surface area contributed by atoms with Crippen LogP contribution in [0.5, 0.6) is 0 Å². The summed E-state index contributed by atoms with van der Waals surface area (Å²) in [6, 6.07) is 5.09. The minimum atomic E-state index is -0.221. The third-order valence-corrected chi connectivity index (χ3v) is 2.66. The highest BCUT2D eigenvalue weighted by atomic mass is 19.1. The van der Waals surface area contributed by atoms with Gasteiger partial charge in [0.1, 0.15) is 11.6 Å². The van der Waals surface area contributed by atoms with E-state index in [1.807, 2.05) is 6.07 Å². The highest BCUT2D eigenvalue weighted by molar-refractivity contribution is 5.60. The number of benzene rings is 1. The number of anilines is 1. The van der Waals surface area contributed by atoms with Crippen molar-refractivity contribution >= 4 is 5.82 Å². The van der Waals surface area contributed by atoms with Crippen LogP contribution in [0.15, 0.2) is 30.6 Å². The van der Waals surface area contributed by atoms with Crippen LogP contribution in [0.3, 0.4) is 0 Å².